The lowest BCUT2D eigenvalue weighted by Gasteiger charge is -2.29. The molecule has 9 nitrogen and oxygen atoms in total. The molecule has 1 aromatic carbocycles. The number of rotatable bonds is 3. The van der Waals surface area contributed by atoms with E-state index >= 15 is 0 Å². The third-order valence-electron chi connectivity index (χ3n) is 5.67. The van der Waals surface area contributed by atoms with Gasteiger partial charge in [0.25, 0.3) is 5.91 Å². The van der Waals surface area contributed by atoms with Gasteiger partial charge >= 0.3 is 0 Å². The van der Waals surface area contributed by atoms with Crippen molar-refractivity contribution in [1.29, 1.82) is 0 Å². The smallest absolute Gasteiger partial charge is 0.273 e. The predicted molar refractivity (Wildman–Crippen MR) is 123 cm³/mol. The predicted octanol–water partition coefficient (Wildman–Crippen LogP) is 3.20. The van der Waals surface area contributed by atoms with Crippen LogP contribution in [0.25, 0.3) is 21.8 Å². The Morgan fingerprint density at radius 3 is 2.75 bits per heavy atom. The standard InChI is InChI=1S/C23H23N7O2/c1-13-11-29(19-6-5-7-20(27-19)32-4)30(12-13)23(31)15-9-16-18(8-14(15)2)26-22(24)17-10-25-28(3)21(16)17/h5-11H,12H2,1-4H3,(H2,24,26). The van der Waals surface area contributed by atoms with Crippen LogP contribution in [0.3, 0.4) is 0 Å². The lowest BCUT2D eigenvalue weighted by Crippen LogP contribution is -2.41. The van der Waals surface area contributed by atoms with Gasteiger partial charge in [0.15, 0.2) is 5.82 Å². The number of methoxy groups -OCH3 is 1. The number of anilines is 2. The van der Waals surface area contributed by atoms with Crippen LogP contribution in [0.1, 0.15) is 22.8 Å². The van der Waals surface area contributed by atoms with Crippen LogP contribution in [0, 0.1) is 6.92 Å². The van der Waals surface area contributed by atoms with Gasteiger partial charge in [-0.25, -0.2) is 15.0 Å². The number of aryl methyl sites for hydroxylation is 2. The number of nitrogen functional groups attached to an aromatic ring is 1. The Morgan fingerprint density at radius 2 is 1.97 bits per heavy atom. The Labute approximate surface area is 184 Å². The third kappa shape index (κ3) is 3.01. The molecule has 0 saturated carbocycles. The number of benzene rings is 1. The zero-order chi connectivity index (χ0) is 22.6. The lowest BCUT2D eigenvalue weighted by atomic mass is 10.0. The summed E-state index contributed by atoms with van der Waals surface area (Å²) in [5, 5.41) is 9.37. The van der Waals surface area contributed by atoms with Gasteiger partial charge in [-0.2, -0.15) is 10.1 Å². The molecular formula is C23H23N7O2. The van der Waals surface area contributed by atoms with E-state index in [2.05, 4.69) is 15.1 Å². The van der Waals surface area contributed by atoms with E-state index in [0.29, 0.717) is 29.6 Å². The Balaban J connectivity index is 1.62. The fraction of sp³-hybridized carbons (Fsp3) is 0.217. The second-order valence-corrected chi connectivity index (χ2v) is 7.93. The SMILES string of the molecule is COc1cccc(N2C=C(C)CN2C(=O)c2cc3c(cc2C)nc(N)c2cnn(C)c23)n1. The summed E-state index contributed by atoms with van der Waals surface area (Å²) in [4.78, 5) is 22.8. The fourth-order valence-corrected chi connectivity index (χ4v) is 4.12. The van der Waals surface area contributed by atoms with Gasteiger partial charge in [-0.3, -0.25) is 9.48 Å². The minimum atomic E-state index is -0.130. The van der Waals surface area contributed by atoms with E-state index in [9.17, 15) is 4.79 Å². The molecule has 0 bridgehead atoms. The number of carbonyl (C=O) groups is 1. The molecule has 32 heavy (non-hydrogen) atoms. The number of pyridine rings is 2. The van der Waals surface area contributed by atoms with Crippen molar-refractivity contribution in [2.24, 2.45) is 7.05 Å². The van der Waals surface area contributed by atoms with Gasteiger partial charge in [0.05, 0.1) is 36.3 Å². The molecule has 1 aliphatic heterocycles. The summed E-state index contributed by atoms with van der Waals surface area (Å²) in [5.74, 6) is 1.39. The highest BCUT2D eigenvalue weighted by Crippen LogP contribution is 2.31. The molecule has 0 spiro atoms. The highest BCUT2D eigenvalue weighted by atomic mass is 16.5. The largest absolute Gasteiger partial charge is 0.481 e. The van der Waals surface area contributed by atoms with Crippen molar-refractivity contribution in [3.63, 3.8) is 0 Å². The first-order valence-corrected chi connectivity index (χ1v) is 10.2. The molecule has 1 amide bonds. The number of fused-ring (bicyclic) bond motifs is 3. The monoisotopic (exact) mass is 429 g/mol. The average Bonchev–Trinajstić information content (AvgIpc) is 3.36. The van der Waals surface area contributed by atoms with E-state index in [-0.39, 0.29) is 5.91 Å². The lowest BCUT2D eigenvalue weighted by molar-refractivity contribution is 0.0779. The molecule has 4 heterocycles. The van der Waals surface area contributed by atoms with Gasteiger partial charge < -0.3 is 10.5 Å². The Kier molecular flexibility index (Phi) is 4.47. The highest BCUT2D eigenvalue weighted by Gasteiger charge is 2.29. The number of amides is 1. The first-order chi connectivity index (χ1) is 15.4. The van der Waals surface area contributed by atoms with Gasteiger partial charge in [-0.05, 0) is 43.2 Å². The molecule has 0 radical (unpaired) electrons. The van der Waals surface area contributed by atoms with Crippen LogP contribution in [0.5, 0.6) is 5.88 Å². The van der Waals surface area contributed by atoms with Crippen LogP contribution in [0.15, 0.2) is 48.3 Å². The number of hydrogen-bond acceptors (Lipinski definition) is 7. The summed E-state index contributed by atoms with van der Waals surface area (Å²) in [7, 11) is 3.42. The van der Waals surface area contributed by atoms with Crippen LogP contribution < -0.4 is 15.5 Å². The maximum absolute atomic E-state index is 13.7. The van der Waals surface area contributed by atoms with Crippen LogP contribution in [-0.4, -0.2) is 44.3 Å². The molecular weight excluding hydrogens is 406 g/mol. The maximum atomic E-state index is 13.7. The summed E-state index contributed by atoms with van der Waals surface area (Å²) in [5.41, 5.74) is 10.2. The first kappa shape index (κ1) is 19.8. The van der Waals surface area contributed by atoms with Gasteiger partial charge in [0.1, 0.15) is 5.82 Å². The van der Waals surface area contributed by atoms with Gasteiger partial charge in [-0.1, -0.05) is 6.07 Å². The van der Waals surface area contributed by atoms with Crippen LogP contribution >= 0.6 is 0 Å². The fourth-order valence-electron chi connectivity index (χ4n) is 4.12. The highest BCUT2D eigenvalue weighted by molar-refractivity contribution is 6.10. The van der Waals surface area contributed by atoms with E-state index in [1.165, 1.54) is 0 Å². The van der Waals surface area contributed by atoms with Crippen molar-refractivity contribution >= 4 is 39.3 Å². The summed E-state index contributed by atoms with van der Waals surface area (Å²) in [6.07, 6.45) is 3.61. The molecule has 9 heteroatoms. The van der Waals surface area contributed by atoms with E-state index in [4.69, 9.17) is 10.5 Å². The number of ether oxygens (including phenoxy) is 1. The minimum Gasteiger partial charge on any atom is -0.481 e. The number of nitrogens with zero attached hydrogens (tertiary/aromatic N) is 6. The number of hydrogen-bond donors (Lipinski definition) is 1. The van der Waals surface area contributed by atoms with Crippen LogP contribution in [0.2, 0.25) is 0 Å². The van der Waals surface area contributed by atoms with E-state index in [0.717, 1.165) is 32.9 Å². The normalized spacial score (nSPS) is 13.8. The number of nitrogens with two attached hydrogens (primary N) is 1. The molecule has 0 atom stereocenters. The van der Waals surface area contributed by atoms with Gasteiger partial charge in [-0.15, -0.1) is 0 Å². The number of hydrazine groups is 1. The quantitative estimate of drug-likeness (QED) is 0.533. The molecule has 162 valence electrons. The van der Waals surface area contributed by atoms with Crippen molar-refractivity contribution in [2.45, 2.75) is 13.8 Å². The molecule has 5 rings (SSSR count). The summed E-state index contributed by atoms with van der Waals surface area (Å²) in [6, 6.07) is 9.25. The van der Waals surface area contributed by atoms with Crippen molar-refractivity contribution in [2.75, 3.05) is 24.4 Å². The Hall–Kier alpha value is -4.14. The summed E-state index contributed by atoms with van der Waals surface area (Å²) >= 11 is 0. The Bertz CT molecular complexity index is 1420. The van der Waals surface area contributed by atoms with Gasteiger partial charge in [0.2, 0.25) is 5.88 Å². The molecule has 1 aliphatic rings. The number of aromatic nitrogens is 4. The maximum Gasteiger partial charge on any atom is 0.273 e. The third-order valence-corrected chi connectivity index (χ3v) is 5.67. The molecule has 0 fully saturated rings. The molecule has 4 aromatic rings. The van der Waals surface area contributed by atoms with E-state index < -0.39 is 0 Å². The van der Waals surface area contributed by atoms with Gasteiger partial charge in [0, 0.05) is 30.3 Å². The molecule has 3 aromatic heterocycles. The average molecular weight is 429 g/mol. The molecule has 2 N–H and O–H groups in total. The van der Waals surface area contributed by atoms with Crippen LogP contribution in [0.4, 0.5) is 11.6 Å². The molecule has 0 aliphatic carbocycles. The van der Waals surface area contributed by atoms with Crippen molar-refractivity contribution in [3.05, 3.63) is 59.4 Å². The zero-order valence-electron chi connectivity index (χ0n) is 18.3. The van der Waals surface area contributed by atoms with Crippen LogP contribution in [-0.2, 0) is 7.05 Å². The summed E-state index contributed by atoms with van der Waals surface area (Å²) < 4.78 is 7.01. The topological polar surface area (TPSA) is 102 Å². The molecule has 0 unspecified atom stereocenters. The molecule has 0 saturated heterocycles. The Morgan fingerprint density at radius 1 is 1.16 bits per heavy atom. The second-order valence-electron chi connectivity index (χ2n) is 7.93. The van der Waals surface area contributed by atoms with E-state index in [1.807, 2.05) is 51.4 Å². The van der Waals surface area contributed by atoms with Crippen molar-refractivity contribution in [3.8, 4) is 5.88 Å². The number of carbonyl (C=O) groups excluding carboxylic acids is 1. The second kappa shape index (κ2) is 7.23. The minimum absolute atomic E-state index is 0.130. The first-order valence-electron chi connectivity index (χ1n) is 10.2. The summed E-state index contributed by atoms with van der Waals surface area (Å²) in [6.45, 7) is 4.36. The zero-order valence-corrected chi connectivity index (χ0v) is 18.3. The van der Waals surface area contributed by atoms with E-state index in [1.54, 1.807) is 34.1 Å². The van der Waals surface area contributed by atoms with Crippen molar-refractivity contribution < 1.29 is 9.53 Å². The van der Waals surface area contributed by atoms with Crippen molar-refractivity contribution in [1.82, 2.24) is 24.8 Å².